The summed E-state index contributed by atoms with van der Waals surface area (Å²) in [5, 5.41) is 0. The van der Waals surface area contributed by atoms with Crippen LogP contribution in [0.15, 0.2) is 29.1 Å². The van der Waals surface area contributed by atoms with Gasteiger partial charge in [-0.05, 0) is 17.7 Å². The highest BCUT2D eigenvalue weighted by Crippen LogP contribution is 2.31. The number of rotatable bonds is 3. The molecule has 0 atom stereocenters. The van der Waals surface area contributed by atoms with Gasteiger partial charge in [0.25, 0.3) is 0 Å². The Morgan fingerprint density at radius 2 is 2.27 bits per heavy atom. The van der Waals surface area contributed by atoms with Crippen molar-refractivity contribution < 1.29 is 9.21 Å². The number of Topliss-reactive ketones (excluding diaryl/α,β-unsaturated/α-hetero) is 1. The summed E-state index contributed by atoms with van der Waals surface area (Å²) >= 11 is 12.8. The average Bonchev–Trinajstić information content (AvgIpc) is 2.75. The molecule has 0 saturated carbocycles. The summed E-state index contributed by atoms with van der Waals surface area (Å²) in [6, 6.07) is 3.34. The van der Waals surface area contributed by atoms with Crippen molar-refractivity contribution in [2.45, 2.75) is 6.42 Å². The predicted molar refractivity (Wildman–Crippen MR) is 61.1 cm³/mol. The van der Waals surface area contributed by atoms with Crippen LogP contribution < -0.4 is 0 Å². The summed E-state index contributed by atoms with van der Waals surface area (Å²) in [5.74, 6) is -0.0513. The highest BCUT2D eigenvalue weighted by atomic mass is 35.5. The summed E-state index contributed by atoms with van der Waals surface area (Å²) in [5.41, 5.74) is 1.31. The van der Waals surface area contributed by atoms with Gasteiger partial charge >= 0.3 is 0 Å². The topological polar surface area (TPSA) is 30.2 Å². The van der Waals surface area contributed by atoms with Crippen molar-refractivity contribution in [1.82, 2.24) is 0 Å². The molecule has 0 radical (unpaired) electrons. The molecule has 0 N–H and O–H groups in total. The molecule has 0 unspecified atom stereocenters. The first-order chi connectivity index (χ1) is 7.16. The summed E-state index contributed by atoms with van der Waals surface area (Å²) in [6.45, 7) is 0. The van der Waals surface area contributed by atoms with Crippen molar-refractivity contribution in [2.75, 3.05) is 0 Å². The fraction of sp³-hybridized carbons (Fsp3) is 0.100. The van der Waals surface area contributed by atoms with Gasteiger partial charge in [-0.2, -0.15) is 0 Å². The van der Waals surface area contributed by atoms with Crippen molar-refractivity contribution in [3.05, 3.63) is 44.5 Å². The van der Waals surface area contributed by atoms with Crippen molar-refractivity contribution in [2.24, 2.45) is 0 Å². The molecule has 15 heavy (non-hydrogen) atoms. The van der Waals surface area contributed by atoms with E-state index >= 15 is 0 Å². The molecule has 0 aliphatic carbocycles. The van der Waals surface area contributed by atoms with Crippen LogP contribution in [0.2, 0.25) is 8.67 Å². The van der Waals surface area contributed by atoms with Crippen molar-refractivity contribution in [3.8, 4) is 0 Å². The Hall–Kier alpha value is -0.770. The van der Waals surface area contributed by atoms with E-state index in [1.165, 1.54) is 17.6 Å². The molecule has 5 heteroatoms. The van der Waals surface area contributed by atoms with Gasteiger partial charge in [0.05, 0.1) is 16.9 Å². The Morgan fingerprint density at radius 1 is 1.47 bits per heavy atom. The fourth-order valence-corrected chi connectivity index (χ4v) is 2.70. The van der Waals surface area contributed by atoms with Crippen LogP contribution in [0.25, 0.3) is 0 Å². The van der Waals surface area contributed by atoms with Gasteiger partial charge in [0.1, 0.15) is 4.34 Å². The van der Waals surface area contributed by atoms with Crippen LogP contribution in [-0.2, 0) is 6.42 Å². The highest BCUT2D eigenvalue weighted by molar-refractivity contribution is 7.20. The highest BCUT2D eigenvalue weighted by Gasteiger charge is 2.14. The first-order valence-electron chi connectivity index (χ1n) is 4.16. The van der Waals surface area contributed by atoms with E-state index in [0.717, 1.165) is 5.56 Å². The molecule has 78 valence electrons. The third-order valence-electron chi connectivity index (χ3n) is 1.90. The van der Waals surface area contributed by atoms with E-state index < -0.39 is 0 Å². The standard InChI is InChI=1S/C10H6Cl2O2S/c11-9-4-7(10(12)15-9)8(13)3-6-1-2-14-5-6/h1-2,4-5H,3H2. The molecule has 0 aliphatic heterocycles. The van der Waals surface area contributed by atoms with Crippen LogP contribution in [0.5, 0.6) is 0 Å². The zero-order chi connectivity index (χ0) is 10.8. The monoisotopic (exact) mass is 260 g/mol. The number of ketones is 1. The number of halogens is 2. The van der Waals surface area contributed by atoms with Gasteiger partial charge in [-0.15, -0.1) is 11.3 Å². The second-order valence-corrected chi connectivity index (χ2v) is 5.26. The van der Waals surface area contributed by atoms with Crippen molar-refractivity contribution in [3.63, 3.8) is 0 Å². The van der Waals surface area contributed by atoms with E-state index in [9.17, 15) is 4.79 Å². The van der Waals surface area contributed by atoms with Gasteiger partial charge in [-0.25, -0.2) is 0 Å². The van der Waals surface area contributed by atoms with Crippen LogP contribution in [0.3, 0.4) is 0 Å². The number of carbonyl (C=O) groups excluding carboxylic acids is 1. The van der Waals surface area contributed by atoms with E-state index in [1.54, 1.807) is 18.4 Å². The molecule has 2 rings (SSSR count). The zero-order valence-corrected chi connectivity index (χ0v) is 9.83. The molecule has 2 heterocycles. The largest absolute Gasteiger partial charge is 0.472 e. The number of carbonyl (C=O) groups is 1. The van der Waals surface area contributed by atoms with Crippen molar-refractivity contribution >= 4 is 40.3 Å². The molecule has 0 saturated heterocycles. The minimum Gasteiger partial charge on any atom is -0.472 e. The second-order valence-electron chi connectivity index (χ2n) is 2.97. The summed E-state index contributed by atoms with van der Waals surface area (Å²) in [4.78, 5) is 11.8. The Bertz CT molecular complexity index is 474. The van der Waals surface area contributed by atoms with E-state index in [4.69, 9.17) is 27.6 Å². The number of hydrogen-bond donors (Lipinski definition) is 0. The van der Waals surface area contributed by atoms with E-state index in [2.05, 4.69) is 0 Å². The third kappa shape index (κ3) is 2.43. The molecule has 0 spiro atoms. The van der Waals surface area contributed by atoms with Gasteiger partial charge in [0, 0.05) is 12.0 Å². The van der Waals surface area contributed by atoms with Crippen LogP contribution in [0, 0.1) is 0 Å². The van der Waals surface area contributed by atoms with Crippen LogP contribution in [0.1, 0.15) is 15.9 Å². The van der Waals surface area contributed by atoms with E-state index in [1.807, 2.05) is 0 Å². The Labute approximate surface area is 100 Å². The normalized spacial score (nSPS) is 10.5. The molecule has 2 aromatic rings. The van der Waals surface area contributed by atoms with E-state index in [0.29, 0.717) is 14.2 Å². The molecule has 0 aromatic carbocycles. The first kappa shape index (κ1) is 10.7. The molecule has 2 aromatic heterocycles. The fourth-order valence-electron chi connectivity index (χ4n) is 1.20. The average molecular weight is 261 g/mol. The second kappa shape index (κ2) is 4.39. The lowest BCUT2D eigenvalue weighted by Gasteiger charge is -1.95. The molecule has 0 bridgehead atoms. The Balaban J connectivity index is 2.18. The van der Waals surface area contributed by atoms with Crippen LogP contribution >= 0.6 is 34.5 Å². The van der Waals surface area contributed by atoms with Gasteiger partial charge in [0.15, 0.2) is 5.78 Å². The molecule has 0 aliphatic rings. The van der Waals surface area contributed by atoms with Gasteiger partial charge in [-0.3, -0.25) is 4.79 Å². The van der Waals surface area contributed by atoms with E-state index in [-0.39, 0.29) is 12.2 Å². The molecule has 0 amide bonds. The first-order valence-corrected chi connectivity index (χ1v) is 5.73. The lowest BCUT2D eigenvalue weighted by atomic mass is 10.1. The molecular formula is C10H6Cl2O2S. The number of furan rings is 1. The smallest absolute Gasteiger partial charge is 0.169 e. The summed E-state index contributed by atoms with van der Waals surface area (Å²) < 4.78 is 5.84. The maximum absolute atomic E-state index is 11.8. The number of thiophene rings is 1. The van der Waals surface area contributed by atoms with Gasteiger partial charge < -0.3 is 4.42 Å². The molecule has 0 fully saturated rings. The molecular weight excluding hydrogens is 255 g/mol. The van der Waals surface area contributed by atoms with Gasteiger partial charge in [0.2, 0.25) is 0 Å². The lowest BCUT2D eigenvalue weighted by Crippen LogP contribution is -2.01. The quantitative estimate of drug-likeness (QED) is 0.779. The Morgan fingerprint density at radius 3 is 2.80 bits per heavy atom. The minimum absolute atomic E-state index is 0.0513. The maximum Gasteiger partial charge on any atom is 0.169 e. The third-order valence-corrected chi connectivity index (χ3v) is 3.39. The van der Waals surface area contributed by atoms with Gasteiger partial charge in [-0.1, -0.05) is 23.2 Å². The summed E-state index contributed by atoms with van der Waals surface area (Å²) in [7, 11) is 0. The maximum atomic E-state index is 11.8. The van der Waals surface area contributed by atoms with Crippen molar-refractivity contribution in [1.29, 1.82) is 0 Å². The predicted octanol–water partition coefficient (Wildman–Crippen LogP) is 4.07. The lowest BCUT2D eigenvalue weighted by molar-refractivity contribution is 0.0993. The van der Waals surface area contributed by atoms with Crippen LogP contribution in [-0.4, -0.2) is 5.78 Å². The SMILES string of the molecule is O=C(Cc1ccoc1)c1cc(Cl)sc1Cl. The molecule has 2 nitrogen and oxygen atoms in total. The number of hydrogen-bond acceptors (Lipinski definition) is 3. The summed E-state index contributed by atoms with van der Waals surface area (Å²) in [6.07, 6.45) is 3.36. The minimum atomic E-state index is -0.0513. The Kier molecular flexibility index (Phi) is 3.14. The van der Waals surface area contributed by atoms with Crippen LogP contribution in [0.4, 0.5) is 0 Å². The zero-order valence-electron chi connectivity index (χ0n) is 7.50.